The van der Waals surface area contributed by atoms with E-state index in [1.807, 2.05) is 121 Å². The number of hydrogen-bond donors (Lipinski definition) is 1. The topological polar surface area (TPSA) is 71.4 Å². The summed E-state index contributed by atoms with van der Waals surface area (Å²) in [5.74, 6) is -0.785. The minimum absolute atomic E-state index is 0.0752. The summed E-state index contributed by atoms with van der Waals surface area (Å²) >= 11 is 0. The molecule has 0 unspecified atom stereocenters. The Morgan fingerprint density at radius 3 is 0.824 bits per heavy atom. The van der Waals surface area contributed by atoms with Crippen molar-refractivity contribution in [1.29, 1.82) is 0 Å². The largest absolute Gasteiger partial charge is 0.478 e. The summed E-state index contributed by atoms with van der Waals surface area (Å²) in [4.78, 5) is 33.3. The fourth-order valence-corrected chi connectivity index (χ4v) is 2.69. The zero-order chi connectivity index (χ0) is 24.8. The third kappa shape index (κ3) is 8.52. The van der Waals surface area contributed by atoms with Gasteiger partial charge in [-0.25, -0.2) is 4.79 Å². The van der Waals surface area contributed by atoms with Crippen molar-refractivity contribution in [3.05, 3.63) is 156 Å². The van der Waals surface area contributed by atoms with Crippen LogP contribution < -0.4 is 0 Å². The van der Waals surface area contributed by atoms with Crippen LogP contribution in [0, 0.1) is 0 Å². The number of carboxylic acid groups (broad SMARTS) is 1. The molecule has 1 N–H and O–H groups in total. The number of aliphatic carboxylic acids is 1. The summed E-state index contributed by atoms with van der Waals surface area (Å²) in [5, 5.41) is 7.89. The van der Waals surface area contributed by atoms with Crippen LogP contribution in [0.4, 0.5) is 0 Å². The molecule has 0 aromatic heterocycles. The summed E-state index contributed by atoms with van der Waals surface area (Å²) in [7, 11) is 0. The van der Waals surface area contributed by atoms with Crippen molar-refractivity contribution in [2.24, 2.45) is 0 Å². The van der Waals surface area contributed by atoms with Crippen LogP contribution in [0.25, 0.3) is 0 Å². The Balaban J connectivity index is 0.000000196. The molecular weight excluding hydrogens is 424 g/mol. The van der Waals surface area contributed by atoms with Gasteiger partial charge in [0.05, 0.1) is 0 Å². The quantitative estimate of drug-likeness (QED) is 0.279. The molecule has 0 amide bonds. The lowest BCUT2D eigenvalue weighted by Crippen LogP contribution is -1.99. The van der Waals surface area contributed by atoms with Gasteiger partial charge < -0.3 is 5.11 Å². The molecule has 0 bridgehead atoms. The maximum Gasteiger partial charge on any atom is 0.330 e. The van der Waals surface area contributed by atoms with E-state index in [-0.39, 0.29) is 17.1 Å². The smallest absolute Gasteiger partial charge is 0.330 e. The molecule has 4 aromatic rings. The lowest BCUT2D eigenvalue weighted by Gasteiger charge is -1.99. The Morgan fingerprint density at radius 1 is 0.500 bits per heavy atom. The number of benzene rings is 4. The summed E-state index contributed by atoms with van der Waals surface area (Å²) in [6.45, 7) is 4.60. The van der Waals surface area contributed by atoms with Crippen molar-refractivity contribution in [3.8, 4) is 0 Å². The Hall–Kier alpha value is -4.57. The van der Waals surface area contributed by atoms with Crippen molar-refractivity contribution in [2.45, 2.75) is 6.92 Å². The molecule has 4 rings (SSSR count). The second-order valence-corrected chi connectivity index (χ2v) is 7.21. The molecule has 4 nitrogen and oxygen atoms in total. The van der Waals surface area contributed by atoms with E-state index < -0.39 is 5.97 Å². The van der Waals surface area contributed by atoms with Crippen LogP contribution in [-0.4, -0.2) is 22.6 Å². The van der Waals surface area contributed by atoms with Crippen LogP contribution in [0.3, 0.4) is 0 Å². The van der Waals surface area contributed by atoms with Gasteiger partial charge in [0.2, 0.25) is 0 Å². The minimum atomic E-state index is -0.935. The standard InChI is InChI=1S/2C13H10O.C4H6O2/c2*14-13(11-7-3-1-4-8-11)12-9-5-2-6-10-12;1-3(2)4(5)6/h2*1-10H;1H2,2H3,(H,5,6). The van der Waals surface area contributed by atoms with Crippen LogP contribution in [0.2, 0.25) is 0 Å². The predicted octanol–water partition coefficient (Wildman–Crippen LogP) is 6.48. The Kier molecular flexibility index (Phi) is 10.4. The summed E-state index contributed by atoms with van der Waals surface area (Å²) in [6, 6.07) is 37.2. The molecule has 0 heterocycles. The van der Waals surface area contributed by atoms with Crippen molar-refractivity contribution in [3.63, 3.8) is 0 Å². The van der Waals surface area contributed by atoms with Crippen LogP contribution in [0.1, 0.15) is 38.8 Å². The number of ketones is 2. The van der Waals surface area contributed by atoms with Gasteiger partial charge in [-0.3, -0.25) is 9.59 Å². The van der Waals surface area contributed by atoms with Gasteiger partial charge in [0.15, 0.2) is 11.6 Å². The summed E-state index contributed by atoms with van der Waals surface area (Å²) in [6.07, 6.45) is 0. The highest BCUT2D eigenvalue weighted by atomic mass is 16.4. The van der Waals surface area contributed by atoms with Crippen molar-refractivity contribution in [2.75, 3.05) is 0 Å². The second kappa shape index (κ2) is 13.8. The highest BCUT2D eigenvalue weighted by Gasteiger charge is 2.07. The van der Waals surface area contributed by atoms with E-state index in [0.717, 1.165) is 22.3 Å². The molecule has 0 spiro atoms. The Morgan fingerprint density at radius 2 is 0.676 bits per heavy atom. The molecule has 0 aliphatic rings. The first-order valence-electron chi connectivity index (χ1n) is 10.6. The molecule has 0 aliphatic carbocycles. The highest BCUT2D eigenvalue weighted by molar-refractivity contribution is 6.09. The first-order valence-corrected chi connectivity index (χ1v) is 10.6. The average molecular weight is 451 g/mol. The monoisotopic (exact) mass is 450 g/mol. The van der Waals surface area contributed by atoms with Gasteiger partial charge in [0, 0.05) is 27.8 Å². The molecule has 0 radical (unpaired) electrons. The van der Waals surface area contributed by atoms with Crippen LogP contribution in [0.5, 0.6) is 0 Å². The maximum absolute atomic E-state index is 11.8. The van der Waals surface area contributed by atoms with Gasteiger partial charge in [0.25, 0.3) is 0 Å². The zero-order valence-corrected chi connectivity index (χ0v) is 18.9. The lowest BCUT2D eigenvalue weighted by molar-refractivity contribution is -0.132. The summed E-state index contributed by atoms with van der Waals surface area (Å²) < 4.78 is 0. The first-order chi connectivity index (χ1) is 16.4. The van der Waals surface area contributed by atoms with E-state index in [4.69, 9.17) is 5.11 Å². The fraction of sp³-hybridized carbons (Fsp3) is 0.0333. The van der Waals surface area contributed by atoms with E-state index in [9.17, 15) is 14.4 Å². The molecule has 0 saturated carbocycles. The van der Waals surface area contributed by atoms with Crippen LogP contribution >= 0.6 is 0 Å². The Labute approximate surface area is 199 Å². The van der Waals surface area contributed by atoms with Gasteiger partial charge in [-0.2, -0.15) is 0 Å². The molecule has 0 atom stereocenters. The average Bonchev–Trinajstić information content (AvgIpc) is 2.90. The van der Waals surface area contributed by atoms with Crippen molar-refractivity contribution in [1.82, 2.24) is 0 Å². The van der Waals surface area contributed by atoms with E-state index >= 15 is 0 Å². The normalized spacial score (nSPS) is 9.32. The highest BCUT2D eigenvalue weighted by Crippen LogP contribution is 2.09. The van der Waals surface area contributed by atoms with Gasteiger partial charge >= 0.3 is 5.97 Å². The van der Waals surface area contributed by atoms with Crippen LogP contribution in [-0.2, 0) is 4.79 Å². The Bertz CT molecular complexity index is 1020. The van der Waals surface area contributed by atoms with Gasteiger partial charge in [-0.1, -0.05) is 128 Å². The van der Waals surface area contributed by atoms with E-state index in [1.54, 1.807) is 0 Å². The number of hydrogen-bond acceptors (Lipinski definition) is 3. The maximum atomic E-state index is 11.8. The van der Waals surface area contributed by atoms with Crippen molar-refractivity contribution < 1.29 is 19.5 Å². The molecule has 0 saturated heterocycles. The van der Waals surface area contributed by atoms with E-state index in [0.29, 0.717) is 0 Å². The van der Waals surface area contributed by atoms with Gasteiger partial charge in [-0.15, -0.1) is 0 Å². The molecule has 34 heavy (non-hydrogen) atoms. The molecule has 170 valence electrons. The van der Waals surface area contributed by atoms with Crippen molar-refractivity contribution >= 4 is 17.5 Å². The number of carbonyl (C=O) groups is 3. The fourth-order valence-electron chi connectivity index (χ4n) is 2.69. The lowest BCUT2D eigenvalue weighted by atomic mass is 10.0. The SMILES string of the molecule is C=C(C)C(=O)O.O=C(c1ccccc1)c1ccccc1.O=C(c1ccccc1)c1ccccc1. The third-order valence-corrected chi connectivity index (χ3v) is 4.51. The van der Waals surface area contributed by atoms with E-state index in [2.05, 4.69) is 6.58 Å². The molecule has 0 fully saturated rings. The first kappa shape index (κ1) is 25.7. The third-order valence-electron chi connectivity index (χ3n) is 4.51. The molecule has 0 aliphatic heterocycles. The van der Waals surface area contributed by atoms with E-state index in [1.165, 1.54) is 6.92 Å². The zero-order valence-electron chi connectivity index (χ0n) is 18.9. The number of carboxylic acids is 1. The molecular formula is C30H26O4. The van der Waals surface area contributed by atoms with Crippen LogP contribution in [0.15, 0.2) is 133 Å². The number of carbonyl (C=O) groups excluding carboxylic acids is 2. The predicted molar refractivity (Wildman–Crippen MR) is 135 cm³/mol. The van der Waals surface area contributed by atoms with Gasteiger partial charge in [0.1, 0.15) is 0 Å². The molecule has 4 aromatic carbocycles. The van der Waals surface area contributed by atoms with Gasteiger partial charge in [-0.05, 0) is 6.92 Å². The minimum Gasteiger partial charge on any atom is -0.478 e. The number of rotatable bonds is 5. The molecule has 4 heteroatoms. The second-order valence-electron chi connectivity index (χ2n) is 7.21. The summed E-state index contributed by atoms with van der Waals surface area (Å²) in [5.41, 5.74) is 3.12.